The molecule has 0 saturated carbocycles. The van der Waals surface area contributed by atoms with Gasteiger partial charge in [0, 0.05) is 16.3 Å². The lowest BCUT2D eigenvalue weighted by Gasteiger charge is -2.18. The van der Waals surface area contributed by atoms with Gasteiger partial charge >= 0.3 is 7.65 Å². The second-order valence-electron chi connectivity index (χ2n) is 5.80. The first kappa shape index (κ1) is 12.4. The smallest absolute Gasteiger partial charge is 0.249 e. The highest BCUT2D eigenvalue weighted by Crippen LogP contribution is 2.39. The molecule has 1 unspecified atom stereocenters. The van der Waals surface area contributed by atoms with Crippen LogP contribution in [0.5, 0.6) is 0 Å². The van der Waals surface area contributed by atoms with Gasteiger partial charge < -0.3 is 0 Å². The van der Waals surface area contributed by atoms with E-state index in [2.05, 4.69) is 26.8 Å². The van der Waals surface area contributed by atoms with Gasteiger partial charge in [-0.1, -0.05) is 51.1 Å². The van der Waals surface area contributed by atoms with E-state index in [0.29, 0.717) is 0 Å². The largest absolute Gasteiger partial charge is 0.597 e. The molecular formula is C16H16O2P+. The minimum atomic E-state index is -1.81. The summed E-state index contributed by atoms with van der Waals surface area (Å²) in [4.78, 5) is 0. The van der Waals surface area contributed by atoms with Crippen LogP contribution in [0, 0.1) is 0 Å². The zero-order valence-corrected chi connectivity index (χ0v) is 12.2. The molecule has 0 spiro atoms. The third kappa shape index (κ3) is 1.97. The summed E-state index contributed by atoms with van der Waals surface area (Å²) in [5, 5.41) is 2.85. The van der Waals surface area contributed by atoms with Gasteiger partial charge in [-0.2, -0.15) is 0 Å². The Morgan fingerprint density at radius 1 is 0.947 bits per heavy atom. The fourth-order valence-corrected chi connectivity index (χ4v) is 3.49. The molecule has 2 nitrogen and oxygen atoms in total. The van der Waals surface area contributed by atoms with Crippen LogP contribution in [0.3, 0.4) is 0 Å². The highest BCUT2D eigenvalue weighted by atomic mass is 31.1. The topological polar surface area (TPSA) is 30.2 Å². The summed E-state index contributed by atoms with van der Waals surface area (Å²) in [5.41, 5.74) is 1.84. The SMILES string of the molecule is CC(C)(C)c1cccc2c1o[p+](=O)c1ccccc21. The van der Waals surface area contributed by atoms with E-state index in [1.54, 1.807) is 0 Å². The van der Waals surface area contributed by atoms with Crippen LogP contribution in [0.4, 0.5) is 0 Å². The lowest BCUT2D eigenvalue weighted by atomic mass is 9.86. The molecule has 1 heterocycles. The second-order valence-corrected chi connectivity index (χ2v) is 6.98. The third-order valence-electron chi connectivity index (χ3n) is 3.39. The lowest BCUT2D eigenvalue weighted by Crippen LogP contribution is -2.11. The molecule has 0 aliphatic rings. The van der Waals surface area contributed by atoms with Crippen LogP contribution < -0.4 is 0 Å². The van der Waals surface area contributed by atoms with Crippen LogP contribution in [-0.4, -0.2) is 0 Å². The number of rotatable bonds is 0. The maximum Gasteiger partial charge on any atom is 0.597 e. The molecule has 0 amide bonds. The average molecular weight is 271 g/mol. The van der Waals surface area contributed by atoms with Crippen LogP contribution in [0.1, 0.15) is 26.3 Å². The minimum absolute atomic E-state index is 0.0339. The van der Waals surface area contributed by atoms with Gasteiger partial charge in [0.05, 0.1) is 0 Å². The normalized spacial score (nSPS) is 13.1. The predicted molar refractivity (Wildman–Crippen MR) is 80.0 cm³/mol. The summed E-state index contributed by atoms with van der Waals surface area (Å²) < 4.78 is 18.0. The van der Waals surface area contributed by atoms with Crippen molar-refractivity contribution in [3.8, 4) is 0 Å². The molecule has 3 rings (SSSR count). The molecule has 19 heavy (non-hydrogen) atoms. The molecule has 0 saturated heterocycles. The van der Waals surface area contributed by atoms with Gasteiger partial charge in [0.15, 0.2) is 5.58 Å². The van der Waals surface area contributed by atoms with Crippen molar-refractivity contribution in [2.45, 2.75) is 26.2 Å². The summed E-state index contributed by atoms with van der Waals surface area (Å²) in [6, 6.07) is 13.9. The molecule has 0 fully saturated rings. The fraction of sp³-hybridized carbons (Fsp3) is 0.250. The van der Waals surface area contributed by atoms with Crippen molar-refractivity contribution in [2.24, 2.45) is 0 Å². The van der Waals surface area contributed by atoms with Crippen molar-refractivity contribution in [2.75, 3.05) is 0 Å². The Balaban J connectivity index is 2.57. The minimum Gasteiger partial charge on any atom is -0.249 e. The molecule has 96 valence electrons. The molecular weight excluding hydrogens is 255 g/mol. The van der Waals surface area contributed by atoms with Crippen LogP contribution in [0.2, 0.25) is 0 Å². The first-order chi connectivity index (χ1) is 8.98. The summed E-state index contributed by atoms with van der Waals surface area (Å²) in [6.45, 7) is 6.42. The highest BCUT2D eigenvalue weighted by molar-refractivity contribution is 7.37. The van der Waals surface area contributed by atoms with E-state index in [1.807, 2.05) is 36.4 Å². The lowest BCUT2D eigenvalue weighted by molar-refractivity contribution is 0.552. The standard InChI is InChI=1S/C16H16O2P/c1-16(2,3)13-9-6-8-12-11-7-4-5-10-14(11)19(17)18-15(12)13/h4-10H,1-3H3/q+1. The number of fused-ring (bicyclic) bond motifs is 3. The van der Waals surface area contributed by atoms with Gasteiger partial charge in [0.25, 0.3) is 0 Å². The van der Waals surface area contributed by atoms with E-state index in [0.717, 1.165) is 27.0 Å². The first-order valence-corrected chi connectivity index (χ1v) is 7.54. The van der Waals surface area contributed by atoms with E-state index in [4.69, 9.17) is 4.20 Å². The second kappa shape index (κ2) is 4.18. The Kier molecular flexibility index (Phi) is 2.72. The number of benzene rings is 2. The first-order valence-electron chi connectivity index (χ1n) is 6.36. The Morgan fingerprint density at radius 3 is 2.37 bits per heavy atom. The Hall–Kier alpha value is -1.66. The van der Waals surface area contributed by atoms with E-state index in [-0.39, 0.29) is 5.41 Å². The van der Waals surface area contributed by atoms with Gasteiger partial charge in [-0.05, 0) is 22.1 Å². The summed E-state index contributed by atoms with van der Waals surface area (Å²) >= 11 is 0. The molecule has 0 radical (unpaired) electrons. The molecule has 3 heteroatoms. The summed E-state index contributed by atoms with van der Waals surface area (Å²) in [7, 11) is -1.81. The van der Waals surface area contributed by atoms with Crippen LogP contribution in [-0.2, 0) is 9.98 Å². The van der Waals surface area contributed by atoms with Gasteiger partial charge in [-0.15, -0.1) is 0 Å². The maximum absolute atomic E-state index is 12.3. The molecule has 1 aromatic heterocycles. The number of hydrogen-bond acceptors (Lipinski definition) is 2. The van der Waals surface area contributed by atoms with Crippen molar-refractivity contribution in [1.29, 1.82) is 0 Å². The van der Waals surface area contributed by atoms with Crippen LogP contribution >= 0.6 is 7.65 Å². The number of hydrogen-bond donors (Lipinski definition) is 0. The molecule has 0 bridgehead atoms. The van der Waals surface area contributed by atoms with E-state index < -0.39 is 7.65 Å². The average Bonchev–Trinajstić information content (AvgIpc) is 2.37. The Labute approximate surface area is 112 Å². The van der Waals surface area contributed by atoms with Crippen molar-refractivity contribution in [3.05, 3.63) is 48.0 Å². The van der Waals surface area contributed by atoms with Gasteiger partial charge in [0.1, 0.15) is 0 Å². The Bertz CT molecular complexity index is 825. The summed E-state index contributed by atoms with van der Waals surface area (Å²) in [6.07, 6.45) is 0. The van der Waals surface area contributed by atoms with Crippen LogP contribution in [0.15, 0.2) is 46.7 Å². The maximum atomic E-state index is 12.3. The number of para-hydroxylation sites is 1. The zero-order chi connectivity index (χ0) is 13.6. The fourth-order valence-electron chi connectivity index (χ4n) is 2.43. The third-order valence-corrected chi connectivity index (χ3v) is 4.52. The van der Waals surface area contributed by atoms with E-state index in [1.165, 1.54) is 0 Å². The summed E-state index contributed by atoms with van der Waals surface area (Å²) in [5.74, 6) is 0. The van der Waals surface area contributed by atoms with Crippen molar-refractivity contribution in [3.63, 3.8) is 0 Å². The van der Waals surface area contributed by atoms with Crippen molar-refractivity contribution >= 4 is 29.1 Å². The monoisotopic (exact) mass is 271 g/mol. The van der Waals surface area contributed by atoms with Crippen molar-refractivity contribution in [1.82, 2.24) is 0 Å². The van der Waals surface area contributed by atoms with E-state index >= 15 is 0 Å². The van der Waals surface area contributed by atoms with Gasteiger partial charge in [-0.25, -0.2) is 4.20 Å². The highest BCUT2D eigenvalue weighted by Gasteiger charge is 2.23. The molecule has 0 aliphatic heterocycles. The Morgan fingerprint density at radius 2 is 1.63 bits per heavy atom. The zero-order valence-electron chi connectivity index (χ0n) is 11.3. The quantitative estimate of drug-likeness (QED) is 0.496. The van der Waals surface area contributed by atoms with Crippen molar-refractivity contribution < 1.29 is 8.76 Å². The van der Waals surface area contributed by atoms with Crippen LogP contribution in [0.25, 0.3) is 21.5 Å². The predicted octanol–water partition coefficient (Wildman–Crippen LogP) is 5.63. The van der Waals surface area contributed by atoms with Gasteiger partial charge in [-0.3, -0.25) is 0 Å². The molecule has 3 aromatic rings. The van der Waals surface area contributed by atoms with Gasteiger partial charge in [0.2, 0.25) is 5.12 Å². The molecule has 0 aliphatic carbocycles. The molecule has 2 aromatic carbocycles. The molecule has 0 N–H and O–H groups in total. The molecule has 1 atom stereocenters. The van der Waals surface area contributed by atoms with E-state index in [9.17, 15) is 4.57 Å².